The first-order valence-electron chi connectivity index (χ1n) is 38.5. The number of fused-ring (bicyclic) bond motifs is 16. The summed E-state index contributed by atoms with van der Waals surface area (Å²) in [5, 5.41) is 32.5. The zero-order valence-electron chi connectivity index (χ0n) is 64.9. The van der Waals surface area contributed by atoms with E-state index < -0.39 is 5.41 Å². The third kappa shape index (κ3) is 10.3. The van der Waals surface area contributed by atoms with Gasteiger partial charge in [0.05, 0.1) is 78.8 Å². The first kappa shape index (κ1) is 67.3. The van der Waals surface area contributed by atoms with Crippen LogP contribution in [0.2, 0.25) is 0 Å². The van der Waals surface area contributed by atoms with Gasteiger partial charge in [-0.2, -0.15) is 10.5 Å². The molecule has 0 atom stereocenters. The lowest BCUT2D eigenvalue weighted by atomic mass is 9.33. The van der Waals surface area contributed by atoms with Gasteiger partial charge in [-0.05, 0) is 205 Å². The fourth-order valence-corrected chi connectivity index (χ4v) is 18.0. The van der Waals surface area contributed by atoms with Crippen LogP contribution in [0.15, 0.2) is 255 Å². The Hall–Kier alpha value is -12.3. The van der Waals surface area contributed by atoms with E-state index in [-0.39, 0.29) is 28.4 Å². The van der Waals surface area contributed by atoms with Gasteiger partial charge >= 0.3 is 0 Å². The van der Waals surface area contributed by atoms with Crippen molar-refractivity contribution in [2.24, 2.45) is 0 Å². The summed E-state index contributed by atoms with van der Waals surface area (Å²) in [4.78, 5) is 5.12. The molecular formula is C100H87BN8. The Morgan fingerprint density at radius 1 is 0.248 bits per heavy atom. The van der Waals surface area contributed by atoms with Crippen molar-refractivity contribution in [3.05, 3.63) is 294 Å². The van der Waals surface area contributed by atoms with E-state index in [9.17, 15) is 10.5 Å². The lowest BCUT2D eigenvalue weighted by Crippen LogP contribution is -2.61. The van der Waals surface area contributed by atoms with Gasteiger partial charge in [-0.1, -0.05) is 225 Å². The van der Waals surface area contributed by atoms with Gasteiger partial charge in [0.1, 0.15) is 0 Å². The summed E-state index contributed by atoms with van der Waals surface area (Å²) in [5.74, 6) is 0. The highest BCUT2D eigenvalue weighted by atomic mass is 15.2. The zero-order valence-corrected chi connectivity index (χ0v) is 64.9. The van der Waals surface area contributed by atoms with Crippen molar-refractivity contribution in [1.82, 2.24) is 18.3 Å². The minimum atomic E-state index is -0.428. The van der Waals surface area contributed by atoms with Crippen molar-refractivity contribution in [3.63, 3.8) is 0 Å². The van der Waals surface area contributed by atoms with E-state index in [4.69, 9.17) is 0 Å². The number of benzene rings is 13. The van der Waals surface area contributed by atoms with E-state index in [0.717, 1.165) is 145 Å². The second-order valence-electron chi connectivity index (χ2n) is 35.7. The van der Waals surface area contributed by atoms with Crippen LogP contribution in [0.1, 0.15) is 143 Å². The van der Waals surface area contributed by atoms with Crippen molar-refractivity contribution >= 4 is 144 Å². The van der Waals surface area contributed by atoms with E-state index in [2.05, 4.69) is 399 Å². The Morgan fingerprint density at radius 2 is 0.560 bits per heavy atom. The molecule has 0 aliphatic carbocycles. The van der Waals surface area contributed by atoms with Crippen LogP contribution in [0.4, 0.5) is 34.1 Å². The summed E-state index contributed by atoms with van der Waals surface area (Å²) >= 11 is 0. The van der Waals surface area contributed by atoms with Crippen molar-refractivity contribution in [2.45, 2.75) is 131 Å². The summed E-state index contributed by atoms with van der Waals surface area (Å²) < 4.78 is 9.84. The molecule has 0 fully saturated rings. The molecule has 9 heteroatoms. The minimum absolute atomic E-state index is 0.0853. The van der Waals surface area contributed by atoms with Gasteiger partial charge in [0.25, 0.3) is 6.71 Å². The first-order valence-corrected chi connectivity index (χ1v) is 38.5. The van der Waals surface area contributed by atoms with Crippen LogP contribution in [0, 0.1) is 22.7 Å². The molecule has 0 bridgehead atoms. The van der Waals surface area contributed by atoms with Crippen LogP contribution in [0.5, 0.6) is 0 Å². The quantitative estimate of drug-likeness (QED) is 0.156. The number of hydrogen-bond acceptors (Lipinski definition) is 4. The van der Waals surface area contributed by atoms with Crippen molar-refractivity contribution in [2.75, 3.05) is 9.80 Å². The number of aromatic nitrogens is 4. The molecular weight excluding hydrogens is 1320 g/mol. The molecule has 19 rings (SSSR count). The Balaban J connectivity index is 1.000. The van der Waals surface area contributed by atoms with Gasteiger partial charge < -0.3 is 28.1 Å². The molecule has 109 heavy (non-hydrogen) atoms. The minimum Gasteiger partial charge on any atom is -0.309 e. The maximum Gasteiger partial charge on any atom is 0.252 e. The van der Waals surface area contributed by atoms with E-state index in [1.54, 1.807) is 0 Å². The maximum atomic E-state index is 11.8. The Morgan fingerprint density at radius 3 is 0.890 bits per heavy atom. The molecule has 2 aliphatic heterocycles. The molecule has 8 nitrogen and oxygen atoms in total. The Kier molecular flexibility index (Phi) is 14.6. The highest BCUT2D eigenvalue weighted by Gasteiger charge is 2.46. The molecule has 17 aromatic rings. The van der Waals surface area contributed by atoms with Crippen molar-refractivity contribution in [3.8, 4) is 34.9 Å². The molecule has 0 unspecified atom stereocenters. The van der Waals surface area contributed by atoms with Crippen LogP contribution in [-0.2, 0) is 27.1 Å². The predicted octanol–water partition coefficient (Wildman–Crippen LogP) is 24.4. The van der Waals surface area contributed by atoms with Crippen molar-refractivity contribution in [1.29, 1.82) is 10.5 Å². The zero-order chi connectivity index (χ0) is 75.4. The van der Waals surface area contributed by atoms with Crippen LogP contribution in [-0.4, -0.2) is 25.0 Å². The highest BCUT2D eigenvalue weighted by Crippen LogP contribution is 2.53. The summed E-state index contributed by atoms with van der Waals surface area (Å²) in [5.41, 5.74) is 28.0. The molecule has 0 spiro atoms. The van der Waals surface area contributed by atoms with Gasteiger partial charge in [0, 0.05) is 88.6 Å². The highest BCUT2D eigenvalue weighted by molar-refractivity contribution is 7.00. The van der Waals surface area contributed by atoms with Gasteiger partial charge in [-0.3, -0.25) is 0 Å². The summed E-state index contributed by atoms with van der Waals surface area (Å²) in [6.45, 7) is 34.0. The molecule has 0 saturated carbocycles. The van der Waals surface area contributed by atoms with Crippen molar-refractivity contribution < 1.29 is 0 Å². The molecule has 0 amide bonds. The maximum absolute atomic E-state index is 11.8. The number of hydrogen-bond donors (Lipinski definition) is 0. The Labute approximate surface area is 638 Å². The first-order chi connectivity index (χ1) is 52.1. The molecule has 6 heterocycles. The lowest BCUT2D eigenvalue weighted by Gasteiger charge is -2.45. The van der Waals surface area contributed by atoms with E-state index in [1.165, 1.54) is 43.8 Å². The number of nitrogens with zero attached hydrogens (tertiary/aromatic N) is 8. The fourth-order valence-electron chi connectivity index (χ4n) is 18.0. The van der Waals surface area contributed by atoms with Gasteiger partial charge in [0.15, 0.2) is 0 Å². The molecule has 530 valence electrons. The third-order valence-corrected chi connectivity index (χ3v) is 23.7. The van der Waals surface area contributed by atoms with Crippen LogP contribution < -0.4 is 26.2 Å². The number of para-hydroxylation sites is 4. The molecule has 0 radical (unpaired) electrons. The van der Waals surface area contributed by atoms with E-state index in [0.29, 0.717) is 11.1 Å². The average Bonchev–Trinajstić information content (AvgIpc) is 1.59. The number of anilines is 6. The third-order valence-electron chi connectivity index (χ3n) is 23.7. The average molecular weight is 1410 g/mol. The van der Waals surface area contributed by atoms with Gasteiger partial charge in [-0.25, -0.2) is 0 Å². The smallest absolute Gasteiger partial charge is 0.252 e. The molecule has 0 N–H and O–H groups in total. The topological polar surface area (TPSA) is 73.8 Å². The van der Waals surface area contributed by atoms with E-state index in [1.807, 2.05) is 0 Å². The van der Waals surface area contributed by atoms with Gasteiger partial charge in [-0.15, -0.1) is 0 Å². The number of rotatable bonds is 6. The van der Waals surface area contributed by atoms with Crippen LogP contribution in [0.3, 0.4) is 0 Å². The summed E-state index contributed by atoms with van der Waals surface area (Å²) in [6, 6.07) is 101. The predicted molar refractivity (Wildman–Crippen MR) is 461 cm³/mol. The molecule has 0 saturated heterocycles. The van der Waals surface area contributed by atoms with Crippen LogP contribution >= 0.6 is 0 Å². The Bertz CT molecular complexity index is 6330. The molecule has 2 aliphatic rings. The lowest BCUT2D eigenvalue weighted by molar-refractivity contribution is 0.590. The van der Waals surface area contributed by atoms with Gasteiger partial charge in [0.2, 0.25) is 0 Å². The van der Waals surface area contributed by atoms with Crippen LogP contribution in [0.25, 0.3) is 110 Å². The second kappa shape index (κ2) is 23.6. The fraction of sp³-hybridized carbons (Fsp3) is 0.200. The van der Waals surface area contributed by atoms with E-state index >= 15 is 0 Å². The number of nitriles is 2. The largest absolute Gasteiger partial charge is 0.309 e. The second-order valence-corrected chi connectivity index (χ2v) is 35.7. The molecule has 4 aromatic heterocycles. The summed E-state index contributed by atoms with van der Waals surface area (Å²) in [7, 11) is 0. The summed E-state index contributed by atoms with van der Waals surface area (Å²) in [6.07, 6.45) is 0. The SMILES string of the molecule is CC(C)(C)c1ccc(-n2c3ccc(C(C)(C)C)cc3c3cc(C#N)cc(N4c5cc(-n6c7ccccc7c7ccccc76)ccc5B5c6ccc(-n7c8ccccc8c8ccccc87)cc6N(c6cc(C#N)cc7c8cc(C(C)(C)C)ccc8n(-c8ccc(C(C)(C)C)cc8)c67)c6cc(C(C)(C)C)cc4c65)c32)cc1. The molecule has 13 aromatic carbocycles. The standard InChI is InChI=1S/C100H87BN8/c1-96(2,3)62-32-38-67(39-33-62)106-85-46-36-64(98(7,8)9)52-75(85)77-48-60(58-102)50-91(94(77)106)108-87-56-69(104-81-28-20-16-24-71(81)72-25-17-21-29-82(72)104)42-44-79(87)101-80-45-43-70(105-83-30-22-18-26-73(83)74-27-19-23-31-84(74)105)57-88(80)109(90-55-66(100(13,14)15)54-89(108)93(90)101)92-51-61(59-103)49-78-76-53-65(99(10,11)12)37-47-86(76)107(95(78)92)68-40-34-63(35-41-68)97(4,5)6/h16-57H,1-15H3. The normalized spacial score (nSPS) is 13.4. The monoisotopic (exact) mass is 1410 g/mol.